The molecule has 7 heteroatoms. The maximum atomic E-state index is 13.1. The number of carbonyl (C=O) groups excluding carboxylic acids is 3. The van der Waals surface area contributed by atoms with E-state index in [-0.39, 0.29) is 18.0 Å². The van der Waals surface area contributed by atoms with Gasteiger partial charge < -0.3 is 15.5 Å². The number of hydrogen-bond acceptors (Lipinski definition) is 3. The second-order valence-corrected chi connectivity index (χ2v) is 5.94. The van der Waals surface area contributed by atoms with Gasteiger partial charge in [-0.2, -0.15) is 0 Å². The van der Waals surface area contributed by atoms with Crippen LogP contribution in [-0.4, -0.2) is 30.8 Å². The molecule has 1 saturated heterocycles. The van der Waals surface area contributed by atoms with Crippen LogP contribution >= 0.6 is 0 Å². The van der Waals surface area contributed by atoms with Gasteiger partial charge in [-0.3, -0.25) is 14.4 Å². The lowest BCUT2D eigenvalue weighted by Gasteiger charge is -2.16. The van der Waals surface area contributed by atoms with E-state index in [1.165, 1.54) is 18.2 Å². The van der Waals surface area contributed by atoms with Crippen LogP contribution in [0, 0.1) is 5.82 Å². The molecule has 0 spiro atoms. The molecule has 0 aliphatic carbocycles. The molecule has 1 heterocycles. The highest BCUT2D eigenvalue weighted by atomic mass is 19.1. The standard InChI is InChI=1S/C19H18FN3O3/c20-14-4-1-3-13(11-14)19(26)21-12-17(24)22-15-6-8-16(9-7-15)23-10-2-5-18(23)25/h1,3-4,6-9,11H,2,5,10,12H2,(H,21,26)(H,22,24). The Kier molecular flexibility index (Phi) is 5.26. The van der Waals surface area contributed by atoms with Crippen LogP contribution in [0.1, 0.15) is 23.2 Å². The van der Waals surface area contributed by atoms with Crippen LogP contribution in [0.4, 0.5) is 15.8 Å². The predicted molar refractivity (Wildman–Crippen MR) is 95.4 cm³/mol. The molecule has 1 aliphatic rings. The fourth-order valence-electron chi connectivity index (χ4n) is 2.74. The summed E-state index contributed by atoms with van der Waals surface area (Å²) in [6, 6.07) is 12.2. The van der Waals surface area contributed by atoms with E-state index in [1.54, 1.807) is 29.2 Å². The van der Waals surface area contributed by atoms with Crippen molar-refractivity contribution in [2.45, 2.75) is 12.8 Å². The number of rotatable bonds is 5. The normalized spacial score (nSPS) is 13.6. The number of amides is 3. The van der Waals surface area contributed by atoms with E-state index in [1.807, 2.05) is 0 Å². The fourth-order valence-corrected chi connectivity index (χ4v) is 2.74. The molecule has 6 nitrogen and oxygen atoms in total. The Bertz CT molecular complexity index is 836. The van der Waals surface area contributed by atoms with Crippen LogP contribution in [-0.2, 0) is 9.59 Å². The molecule has 26 heavy (non-hydrogen) atoms. The Morgan fingerprint density at radius 2 is 1.88 bits per heavy atom. The quantitative estimate of drug-likeness (QED) is 0.864. The molecule has 3 rings (SSSR count). The van der Waals surface area contributed by atoms with Crippen molar-refractivity contribution in [3.8, 4) is 0 Å². The van der Waals surface area contributed by atoms with E-state index < -0.39 is 17.6 Å². The third kappa shape index (κ3) is 4.24. The highest BCUT2D eigenvalue weighted by molar-refractivity contribution is 5.99. The maximum Gasteiger partial charge on any atom is 0.251 e. The van der Waals surface area contributed by atoms with Gasteiger partial charge in [-0.1, -0.05) is 6.07 Å². The SMILES string of the molecule is O=C(CNC(=O)c1cccc(F)c1)Nc1ccc(N2CCCC2=O)cc1. The number of carbonyl (C=O) groups is 3. The largest absolute Gasteiger partial charge is 0.343 e. The first-order valence-electron chi connectivity index (χ1n) is 8.27. The Morgan fingerprint density at radius 1 is 1.12 bits per heavy atom. The third-order valence-electron chi connectivity index (χ3n) is 4.03. The molecule has 0 atom stereocenters. The molecular formula is C19H18FN3O3. The van der Waals surface area contributed by atoms with E-state index in [9.17, 15) is 18.8 Å². The average Bonchev–Trinajstić information content (AvgIpc) is 3.06. The molecule has 2 aromatic rings. The molecular weight excluding hydrogens is 337 g/mol. The zero-order valence-electron chi connectivity index (χ0n) is 14.0. The van der Waals surface area contributed by atoms with Crippen LogP contribution in [0.15, 0.2) is 48.5 Å². The van der Waals surface area contributed by atoms with Crippen molar-refractivity contribution in [2.24, 2.45) is 0 Å². The molecule has 1 aliphatic heterocycles. The van der Waals surface area contributed by atoms with Crippen molar-refractivity contribution >= 4 is 29.1 Å². The lowest BCUT2D eigenvalue weighted by atomic mass is 10.2. The number of halogens is 1. The first-order valence-corrected chi connectivity index (χ1v) is 8.27. The summed E-state index contributed by atoms with van der Waals surface area (Å²) in [5.74, 6) is -1.34. The minimum absolute atomic E-state index is 0.0989. The van der Waals surface area contributed by atoms with E-state index in [2.05, 4.69) is 10.6 Å². The van der Waals surface area contributed by atoms with Crippen molar-refractivity contribution < 1.29 is 18.8 Å². The number of anilines is 2. The summed E-state index contributed by atoms with van der Waals surface area (Å²) in [6.45, 7) is 0.471. The Morgan fingerprint density at radius 3 is 2.54 bits per heavy atom. The van der Waals surface area contributed by atoms with Crippen molar-refractivity contribution in [1.82, 2.24) is 5.32 Å². The minimum atomic E-state index is -0.525. The van der Waals surface area contributed by atoms with Gasteiger partial charge in [0, 0.05) is 29.9 Å². The third-order valence-corrected chi connectivity index (χ3v) is 4.03. The highest BCUT2D eigenvalue weighted by Crippen LogP contribution is 2.22. The molecule has 0 aromatic heterocycles. The molecule has 0 saturated carbocycles. The van der Waals surface area contributed by atoms with Crippen LogP contribution in [0.25, 0.3) is 0 Å². The van der Waals surface area contributed by atoms with Crippen molar-refractivity contribution in [1.29, 1.82) is 0 Å². The summed E-state index contributed by atoms with van der Waals surface area (Å²) in [5.41, 5.74) is 1.51. The monoisotopic (exact) mass is 355 g/mol. The lowest BCUT2D eigenvalue weighted by molar-refractivity contribution is -0.117. The summed E-state index contributed by atoms with van der Waals surface area (Å²) < 4.78 is 13.1. The zero-order valence-corrected chi connectivity index (χ0v) is 14.0. The first-order chi connectivity index (χ1) is 12.5. The van der Waals surface area contributed by atoms with Gasteiger partial charge in [-0.15, -0.1) is 0 Å². The molecule has 0 radical (unpaired) electrons. The zero-order chi connectivity index (χ0) is 18.5. The average molecular weight is 355 g/mol. The lowest BCUT2D eigenvalue weighted by Crippen LogP contribution is -2.32. The van der Waals surface area contributed by atoms with Gasteiger partial charge in [0.05, 0.1) is 6.54 Å². The van der Waals surface area contributed by atoms with Crippen molar-refractivity contribution in [2.75, 3.05) is 23.3 Å². The topological polar surface area (TPSA) is 78.5 Å². The summed E-state index contributed by atoms with van der Waals surface area (Å²) in [6.07, 6.45) is 1.41. The molecule has 3 amide bonds. The fraction of sp³-hybridized carbons (Fsp3) is 0.211. The van der Waals surface area contributed by atoms with Gasteiger partial charge in [0.2, 0.25) is 11.8 Å². The van der Waals surface area contributed by atoms with E-state index >= 15 is 0 Å². The Labute approximate surface area is 150 Å². The minimum Gasteiger partial charge on any atom is -0.343 e. The molecule has 2 N–H and O–H groups in total. The highest BCUT2D eigenvalue weighted by Gasteiger charge is 2.21. The Hall–Kier alpha value is -3.22. The van der Waals surface area contributed by atoms with Gasteiger partial charge >= 0.3 is 0 Å². The van der Waals surface area contributed by atoms with Crippen molar-refractivity contribution in [3.63, 3.8) is 0 Å². The van der Waals surface area contributed by atoms with Gasteiger partial charge in [-0.25, -0.2) is 4.39 Å². The molecule has 1 fully saturated rings. The van der Waals surface area contributed by atoms with Crippen LogP contribution < -0.4 is 15.5 Å². The van der Waals surface area contributed by atoms with Gasteiger partial charge in [-0.05, 0) is 48.9 Å². The van der Waals surface area contributed by atoms with E-state index in [4.69, 9.17) is 0 Å². The number of benzene rings is 2. The summed E-state index contributed by atoms with van der Waals surface area (Å²) in [7, 11) is 0. The summed E-state index contributed by atoms with van der Waals surface area (Å²) in [4.78, 5) is 37.3. The van der Waals surface area contributed by atoms with Crippen molar-refractivity contribution in [3.05, 3.63) is 59.9 Å². The number of nitrogens with one attached hydrogen (secondary N) is 2. The van der Waals surface area contributed by atoms with Gasteiger partial charge in [0.25, 0.3) is 5.91 Å². The maximum absolute atomic E-state index is 13.1. The summed E-state index contributed by atoms with van der Waals surface area (Å²) in [5, 5.41) is 5.10. The van der Waals surface area contributed by atoms with Gasteiger partial charge in [0.1, 0.15) is 5.82 Å². The van der Waals surface area contributed by atoms with Crippen LogP contribution in [0.5, 0.6) is 0 Å². The second kappa shape index (κ2) is 7.77. The first kappa shape index (κ1) is 17.6. The predicted octanol–water partition coefficient (Wildman–Crippen LogP) is 2.32. The number of hydrogen-bond donors (Lipinski definition) is 2. The molecule has 0 bridgehead atoms. The summed E-state index contributed by atoms with van der Waals surface area (Å²) >= 11 is 0. The Balaban J connectivity index is 1.51. The molecule has 134 valence electrons. The second-order valence-electron chi connectivity index (χ2n) is 5.94. The van der Waals surface area contributed by atoms with E-state index in [0.29, 0.717) is 18.7 Å². The van der Waals surface area contributed by atoms with E-state index in [0.717, 1.165) is 18.2 Å². The van der Waals surface area contributed by atoms with Crippen LogP contribution in [0.3, 0.4) is 0 Å². The smallest absolute Gasteiger partial charge is 0.251 e. The molecule has 2 aromatic carbocycles. The number of nitrogens with zero attached hydrogens (tertiary/aromatic N) is 1. The molecule has 0 unspecified atom stereocenters. The van der Waals surface area contributed by atoms with Crippen LogP contribution in [0.2, 0.25) is 0 Å². The van der Waals surface area contributed by atoms with Gasteiger partial charge in [0.15, 0.2) is 0 Å².